The highest BCUT2D eigenvalue weighted by Gasteiger charge is 2.24. The minimum atomic E-state index is -0.428. The number of hydrogen-bond donors (Lipinski definition) is 1. The molecule has 1 saturated carbocycles. The van der Waals surface area contributed by atoms with Gasteiger partial charge in [-0.3, -0.25) is 10.1 Å². The molecule has 2 rings (SSSR count). The van der Waals surface area contributed by atoms with Crippen molar-refractivity contribution in [3.8, 4) is 0 Å². The van der Waals surface area contributed by atoms with Crippen molar-refractivity contribution >= 4 is 23.0 Å². The molecule has 1 aliphatic carbocycles. The quantitative estimate of drug-likeness (QED) is 0.661. The number of benzene rings is 1. The van der Waals surface area contributed by atoms with E-state index in [-0.39, 0.29) is 10.7 Å². The minimum absolute atomic E-state index is 0.0233. The van der Waals surface area contributed by atoms with Crippen LogP contribution in [0.4, 0.5) is 11.4 Å². The van der Waals surface area contributed by atoms with Crippen LogP contribution in [0.5, 0.6) is 0 Å². The van der Waals surface area contributed by atoms with Crippen LogP contribution in [-0.4, -0.2) is 11.5 Å². The lowest BCUT2D eigenvalue weighted by Gasteiger charge is -2.16. The summed E-state index contributed by atoms with van der Waals surface area (Å²) >= 11 is 5.87. The van der Waals surface area contributed by atoms with Gasteiger partial charge in [0.25, 0.3) is 0 Å². The third-order valence-electron chi connectivity index (χ3n) is 3.76. The third-order valence-corrected chi connectivity index (χ3v) is 4.07. The lowest BCUT2D eigenvalue weighted by atomic mass is 9.98. The van der Waals surface area contributed by atoms with Crippen LogP contribution in [0.1, 0.15) is 26.2 Å². The molecule has 5 heteroatoms. The molecule has 4 nitrogen and oxygen atoms in total. The van der Waals surface area contributed by atoms with Gasteiger partial charge in [-0.1, -0.05) is 37.4 Å². The van der Waals surface area contributed by atoms with Crippen LogP contribution in [-0.2, 0) is 0 Å². The van der Waals surface area contributed by atoms with Crippen molar-refractivity contribution in [2.24, 2.45) is 11.8 Å². The van der Waals surface area contributed by atoms with Crippen LogP contribution in [0, 0.1) is 22.0 Å². The fraction of sp³-hybridized carbons (Fsp3) is 0.538. The molecule has 0 bridgehead atoms. The zero-order valence-corrected chi connectivity index (χ0v) is 11.1. The van der Waals surface area contributed by atoms with Crippen LogP contribution in [0.25, 0.3) is 0 Å². The maximum atomic E-state index is 11.0. The van der Waals surface area contributed by atoms with Gasteiger partial charge in [0.2, 0.25) is 0 Å². The molecule has 18 heavy (non-hydrogen) atoms. The Balaban J connectivity index is 2.09. The average molecular weight is 269 g/mol. The zero-order chi connectivity index (χ0) is 13.1. The average Bonchev–Trinajstić information content (AvgIpc) is 2.71. The van der Waals surface area contributed by atoms with E-state index in [0.717, 1.165) is 6.54 Å². The first kappa shape index (κ1) is 13.1. The number of nitrogens with zero attached hydrogens (tertiary/aromatic N) is 1. The molecule has 0 saturated heterocycles. The van der Waals surface area contributed by atoms with E-state index in [1.54, 1.807) is 18.2 Å². The van der Waals surface area contributed by atoms with E-state index >= 15 is 0 Å². The molecule has 1 aliphatic rings. The number of nitrogens with one attached hydrogen (secondary N) is 1. The van der Waals surface area contributed by atoms with Gasteiger partial charge in [-0.25, -0.2) is 0 Å². The molecular formula is C13H17ClN2O2. The van der Waals surface area contributed by atoms with Crippen LogP contribution < -0.4 is 5.32 Å². The van der Waals surface area contributed by atoms with E-state index in [2.05, 4.69) is 12.2 Å². The molecule has 0 heterocycles. The SMILES string of the molecule is CC1CCCC1CNc1cccc(Cl)c1[N+](=O)[O-]. The molecule has 0 aromatic heterocycles. The Hall–Kier alpha value is -1.29. The Morgan fingerprint density at radius 3 is 2.89 bits per heavy atom. The van der Waals surface area contributed by atoms with E-state index in [0.29, 0.717) is 17.5 Å². The summed E-state index contributed by atoms with van der Waals surface area (Å²) in [6.45, 7) is 3.02. The van der Waals surface area contributed by atoms with Crippen LogP contribution >= 0.6 is 11.6 Å². The molecular weight excluding hydrogens is 252 g/mol. The second-order valence-electron chi connectivity index (χ2n) is 4.94. The van der Waals surface area contributed by atoms with Gasteiger partial charge in [0, 0.05) is 6.54 Å². The Labute approximate surface area is 111 Å². The standard InChI is InChI=1S/C13H17ClN2O2/c1-9-4-2-5-10(9)8-15-12-7-3-6-11(14)13(12)16(17)18/h3,6-7,9-10,15H,2,4-5,8H2,1H3. The monoisotopic (exact) mass is 268 g/mol. The molecule has 0 amide bonds. The highest BCUT2D eigenvalue weighted by Crippen LogP contribution is 2.35. The number of rotatable bonds is 4. The first-order valence-electron chi connectivity index (χ1n) is 6.26. The summed E-state index contributed by atoms with van der Waals surface area (Å²) in [6, 6.07) is 4.99. The lowest BCUT2D eigenvalue weighted by Crippen LogP contribution is -2.17. The molecule has 98 valence electrons. The molecule has 1 aromatic carbocycles. The number of para-hydroxylation sites is 1. The first-order valence-corrected chi connectivity index (χ1v) is 6.64. The van der Waals surface area contributed by atoms with Gasteiger partial charge in [0.05, 0.1) is 4.92 Å². The molecule has 1 N–H and O–H groups in total. The highest BCUT2D eigenvalue weighted by atomic mass is 35.5. The van der Waals surface area contributed by atoms with Crippen LogP contribution in [0.2, 0.25) is 5.02 Å². The first-order chi connectivity index (χ1) is 8.59. The van der Waals surface area contributed by atoms with Gasteiger partial charge in [0.1, 0.15) is 10.7 Å². The molecule has 1 aromatic rings. The number of nitro benzene ring substituents is 1. The van der Waals surface area contributed by atoms with Crippen LogP contribution in [0.3, 0.4) is 0 Å². The van der Waals surface area contributed by atoms with Crippen molar-refractivity contribution in [3.05, 3.63) is 33.3 Å². The number of halogens is 1. The normalized spacial score (nSPS) is 23.0. The summed E-state index contributed by atoms with van der Waals surface area (Å²) in [5, 5.41) is 14.4. The second kappa shape index (κ2) is 5.57. The van der Waals surface area contributed by atoms with Gasteiger partial charge in [0.15, 0.2) is 0 Å². The number of anilines is 1. The Bertz CT molecular complexity index is 451. The Kier molecular flexibility index (Phi) is 4.07. The summed E-state index contributed by atoms with van der Waals surface area (Å²) in [5.74, 6) is 1.29. The van der Waals surface area contributed by atoms with E-state index < -0.39 is 4.92 Å². The summed E-state index contributed by atoms with van der Waals surface area (Å²) < 4.78 is 0. The van der Waals surface area contributed by atoms with E-state index in [4.69, 9.17) is 11.6 Å². The molecule has 0 aliphatic heterocycles. The molecule has 2 atom stereocenters. The highest BCUT2D eigenvalue weighted by molar-refractivity contribution is 6.33. The fourth-order valence-electron chi connectivity index (χ4n) is 2.61. The molecule has 1 fully saturated rings. The van der Waals surface area contributed by atoms with Crippen molar-refractivity contribution in [3.63, 3.8) is 0 Å². The van der Waals surface area contributed by atoms with Crippen molar-refractivity contribution in [1.82, 2.24) is 0 Å². The molecule has 0 radical (unpaired) electrons. The van der Waals surface area contributed by atoms with Crippen molar-refractivity contribution in [2.45, 2.75) is 26.2 Å². The summed E-state index contributed by atoms with van der Waals surface area (Å²) in [6.07, 6.45) is 3.71. The van der Waals surface area contributed by atoms with Gasteiger partial charge in [-0.2, -0.15) is 0 Å². The topological polar surface area (TPSA) is 55.2 Å². The predicted octanol–water partition coefficient (Wildman–Crippen LogP) is 4.10. The van der Waals surface area contributed by atoms with Gasteiger partial charge in [-0.15, -0.1) is 0 Å². The second-order valence-corrected chi connectivity index (χ2v) is 5.35. The van der Waals surface area contributed by atoms with E-state index in [9.17, 15) is 10.1 Å². The molecule has 0 spiro atoms. The third kappa shape index (κ3) is 2.75. The fourth-order valence-corrected chi connectivity index (χ4v) is 2.85. The van der Waals surface area contributed by atoms with Gasteiger partial charge >= 0.3 is 5.69 Å². The summed E-state index contributed by atoms with van der Waals surface area (Å²) in [4.78, 5) is 10.6. The molecule has 2 unspecified atom stereocenters. The summed E-state index contributed by atoms with van der Waals surface area (Å²) in [5.41, 5.74) is 0.497. The summed E-state index contributed by atoms with van der Waals surface area (Å²) in [7, 11) is 0. The van der Waals surface area contributed by atoms with Crippen molar-refractivity contribution in [1.29, 1.82) is 0 Å². The minimum Gasteiger partial charge on any atom is -0.379 e. The largest absolute Gasteiger partial charge is 0.379 e. The maximum absolute atomic E-state index is 11.0. The van der Waals surface area contributed by atoms with E-state index in [1.165, 1.54) is 19.3 Å². The van der Waals surface area contributed by atoms with Crippen molar-refractivity contribution in [2.75, 3.05) is 11.9 Å². The van der Waals surface area contributed by atoms with E-state index in [1.807, 2.05) is 0 Å². The van der Waals surface area contributed by atoms with Crippen LogP contribution in [0.15, 0.2) is 18.2 Å². The smallest absolute Gasteiger partial charge is 0.310 e. The Morgan fingerprint density at radius 2 is 2.28 bits per heavy atom. The lowest BCUT2D eigenvalue weighted by molar-refractivity contribution is -0.383. The van der Waals surface area contributed by atoms with Gasteiger partial charge < -0.3 is 5.32 Å². The number of nitro groups is 1. The predicted molar refractivity (Wildman–Crippen MR) is 73.1 cm³/mol. The van der Waals surface area contributed by atoms with Gasteiger partial charge in [-0.05, 0) is 30.4 Å². The Morgan fingerprint density at radius 1 is 1.50 bits per heavy atom. The maximum Gasteiger partial charge on any atom is 0.310 e. The zero-order valence-electron chi connectivity index (χ0n) is 10.4. The van der Waals surface area contributed by atoms with Crippen molar-refractivity contribution < 1.29 is 4.92 Å². The number of hydrogen-bond acceptors (Lipinski definition) is 3.